The fourth-order valence-electron chi connectivity index (χ4n) is 2.38. The zero-order chi connectivity index (χ0) is 16.1. The van der Waals surface area contributed by atoms with Gasteiger partial charge in [-0.2, -0.15) is 0 Å². The van der Waals surface area contributed by atoms with E-state index in [2.05, 4.69) is 10.6 Å². The molecule has 1 aliphatic rings. The minimum atomic E-state index is -0.603. The van der Waals surface area contributed by atoms with Crippen molar-refractivity contribution in [1.29, 1.82) is 0 Å². The zero-order valence-electron chi connectivity index (χ0n) is 12.9. The summed E-state index contributed by atoms with van der Waals surface area (Å²) in [4.78, 5) is 24.1. The van der Waals surface area contributed by atoms with Gasteiger partial charge in [0.05, 0.1) is 25.3 Å². The highest BCUT2D eigenvalue weighted by molar-refractivity contribution is 5.95. The van der Waals surface area contributed by atoms with Gasteiger partial charge in [-0.05, 0) is 19.4 Å². The average Bonchev–Trinajstić information content (AvgIpc) is 2.51. The van der Waals surface area contributed by atoms with Crippen molar-refractivity contribution in [3.63, 3.8) is 0 Å². The first-order chi connectivity index (χ1) is 10.6. The third kappa shape index (κ3) is 3.21. The molecule has 0 saturated carbocycles. The number of para-hydroxylation sites is 1. The number of allylic oxidation sites excluding steroid dienone is 1. The van der Waals surface area contributed by atoms with Crippen LogP contribution in [-0.4, -0.2) is 25.7 Å². The van der Waals surface area contributed by atoms with E-state index >= 15 is 0 Å². The number of rotatable bonds is 5. The minimum absolute atomic E-state index is 0.336. The van der Waals surface area contributed by atoms with Gasteiger partial charge in [-0.1, -0.05) is 25.1 Å². The van der Waals surface area contributed by atoms with Crippen LogP contribution in [0.1, 0.15) is 31.9 Å². The number of nitrogens with one attached hydrogen (secondary N) is 2. The summed E-state index contributed by atoms with van der Waals surface area (Å²) >= 11 is 0. The van der Waals surface area contributed by atoms with E-state index < -0.39 is 12.0 Å². The quantitative estimate of drug-likeness (QED) is 0.818. The van der Waals surface area contributed by atoms with Crippen LogP contribution in [0.5, 0.6) is 5.75 Å². The fraction of sp³-hybridized carbons (Fsp3) is 0.375. The fourth-order valence-corrected chi connectivity index (χ4v) is 2.38. The highest BCUT2D eigenvalue weighted by atomic mass is 16.5. The molecule has 1 aliphatic heterocycles. The van der Waals surface area contributed by atoms with Crippen LogP contribution in [0.4, 0.5) is 4.79 Å². The van der Waals surface area contributed by atoms with Gasteiger partial charge in [0, 0.05) is 11.3 Å². The molecule has 0 unspecified atom stereocenters. The molecule has 0 aromatic heterocycles. The summed E-state index contributed by atoms with van der Waals surface area (Å²) in [7, 11) is 1.55. The molecule has 2 rings (SSSR count). The lowest BCUT2D eigenvalue weighted by Gasteiger charge is -2.29. The van der Waals surface area contributed by atoms with Crippen molar-refractivity contribution < 1.29 is 19.1 Å². The molecule has 118 valence electrons. The van der Waals surface area contributed by atoms with Crippen molar-refractivity contribution in [1.82, 2.24) is 10.6 Å². The monoisotopic (exact) mass is 304 g/mol. The number of amides is 2. The average molecular weight is 304 g/mol. The van der Waals surface area contributed by atoms with Gasteiger partial charge in [0.2, 0.25) is 0 Å². The topological polar surface area (TPSA) is 76.7 Å². The van der Waals surface area contributed by atoms with Crippen LogP contribution in [0.3, 0.4) is 0 Å². The molecule has 1 aromatic rings. The van der Waals surface area contributed by atoms with Crippen LogP contribution in [0.25, 0.3) is 0 Å². The Kier molecular flexibility index (Phi) is 5.04. The molecule has 22 heavy (non-hydrogen) atoms. The van der Waals surface area contributed by atoms with Crippen molar-refractivity contribution >= 4 is 12.0 Å². The number of carbonyl (C=O) groups excluding carboxylic acids is 2. The number of methoxy groups -OCH3 is 1. The van der Waals surface area contributed by atoms with Crippen molar-refractivity contribution in [2.45, 2.75) is 26.3 Å². The number of hydrogen-bond donors (Lipinski definition) is 2. The maximum absolute atomic E-state index is 12.3. The van der Waals surface area contributed by atoms with Gasteiger partial charge >= 0.3 is 12.0 Å². The van der Waals surface area contributed by atoms with E-state index in [0.717, 1.165) is 6.42 Å². The molecule has 0 spiro atoms. The summed E-state index contributed by atoms with van der Waals surface area (Å²) < 4.78 is 10.6. The van der Waals surface area contributed by atoms with Crippen LogP contribution in [0.15, 0.2) is 35.5 Å². The molecule has 1 atom stereocenters. The van der Waals surface area contributed by atoms with E-state index in [0.29, 0.717) is 29.2 Å². The summed E-state index contributed by atoms with van der Waals surface area (Å²) in [6.45, 7) is 3.94. The number of hydrogen-bond acceptors (Lipinski definition) is 4. The van der Waals surface area contributed by atoms with E-state index in [-0.39, 0.29) is 6.03 Å². The lowest BCUT2D eigenvalue weighted by molar-refractivity contribution is -0.139. The van der Waals surface area contributed by atoms with Crippen molar-refractivity contribution in [3.8, 4) is 5.75 Å². The second-order valence-corrected chi connectivity index (χ2v) is 4.95. The molecule has 0 radical (unpaired) electrons. The van der Waals surface area contributed by atoms with E-state index in [4.69, 9.17) is 9.47 Å². The van der Waals surface area contributed by atoms with Crippen LogP contribution < -0.4 is 15.4 Å². The number of ether oxygens (including phenoxy) is 2. The lowest BCUT2D eigenvalue weighted by atomic mass is 9.95. The summed E-state index contributed by atoms with van der Waals surface area (Å²) in [6, 6.07) is 6.30. The summed E-state index contributed by atoms with van der Waals surface area (Å²) in [6.07, 6.45) is 0.733. The van der Waals surface area contributed by atoms with Gasteiger partial charge in [-0.25, -0.2) is 9.59 Å². The Morgan fingerprint density at radius 3 is 2.73 bits per heavy atom. The SMILES string of the molecule is CCCOC(=O)C1=C(C)NC(=O)N[C@@H]1c1ccccc1OC. The van der Waals surface area contributed by atoms with Crippen molar-refractivity contribution in [2.24, 2.45) is 0 Å². The highest BCUT2D eigenvalue weighted by Gasteiger charge is 2.33. The minimum Gasteiger partial charge on any atom is -0.496 e. The maximum atomic E-state index is 12.3. The molecule has 0 aliphatic carbocycles. The van der Waals surface area contributed by atoms with Gasteiger partial charge < -0.3 is 20.1 Å². The molecule has 6 heteroatoms. The molecule has 1 heterocycles. The standard InChI is InChI=1S/C16H20N2O4/c1-4-9-22-15(19)13-10(2)17-16(20)18-14(13)11-7-5-6-8-12(11)21-3/h5-8,14H,4,9H2,1-3H3,(H2,17,18,20)/t14-/m1/s1. The largest absolute Gasteiger partial charge is 0.496 e. The van der Waals surface area contributed by atoms with Crippen LogP contribution in [0.2, 0.25) is 0 Å². The number of urea groups is 1. The van der Waals surface area contributed by atoms with Crippen LogP contribution in [0, 0.1) is 0 Å². The second kappa shape index (κ2) is 6.98. The Morgan fingerprint density at radius 1 is 1.32 bits per heavy atom. The molecular formula is C16H20N2O4. The molecule has 0 fully saturated rings. The Labute approximate surface area is 129 Å². The first kappa shape index (κ1) is 15.9. The lowest BCUT2D eigenvalue weighted by Crippen LogP contribution is -2.45. The molecule has 2 N–H and O–H groups in total. The second-order valence-electron chi connectivity index (χ2n) is 4.95. The third-order valence-electron chi connectivity index (χ3n) is 3.38. The van der Waals surface area contributed by atoms with E-state index in [1.807, 2.05) is 25.1 Å². The number of esters is 1. The van der Waals surface area contributed by atoms with Gasteiger partial charge in [0.1, 0.15) is 5.75 Å². The highest BCUT2D eigenvalue weighted by Crippen LogP contribution is 2.33. The van der Waals surface area contributed by atoms with E-state index in [1.165, 1.54) is 0 Å². The zero-order valence-corrected chi connectivity index (χ0v) is 12.9. The van der Waals surface area contributed by atoms with Gasteiger partial charge in [-0.15, -0.1) is 0 Å². The van der Waals surface area contributed by atoms with Crippen molar-refractivity contribution in [3.05, 3.63) is 41.1 Å². The van der Waals surface area contributed by atoms with E-state index in [1.54, 1.807) is 20.1 Å². The van der Waals surface area contributed by atoms with Crippen LogP contribution in [-0.2, 0) is 9.53 Å². The summed E-state index contributed by atoms with van der Waals surface area (Å²) in [5.41, 5.74) is 1.58. The van der Waals surface area contributed by atoms with Gasteiger partial charge in [0.25, 0.3) is 0 Å². The van der Waals surface area contributed by atoms with Crippen molar-refractivity contribution in [2.75, 3.05) is 13.7 Å². The predicted molar refractivity (Wildman–Crippen MR) is 81.4 cm³/mol. The van der Waals surface area contributed by atoms with E-state index in [9.17, 15) is 9.59 Å². The smallest absolute Gasteiger partial charge is 0.338 e. The molecule has 0 saturated heterocycles. The molecule has 6 nitrogen and oxygen atoms in total. The Morgan fingerprint density at radius 2 is 2.05 bits per heavy atom. The normalized spacial score (nSPS) is 17.6. The molecular weight excluding hydrogens is 284 g/mol. The first-order valence-electron chi connectivity index (χ1n) is 7.16. The van der Waals surface area contributed by atoms with Gasteiger partial charge in [0.15, 0.2) is 0 Å². The molecule has 1 aromatic carbocycles. The maximum Gasteiger partial charge on any atom is 0.338 e. The summed E-state index contributed by atoms with van der Waals surface area (Å²) in [5.74, 6) is 0.158. The van der Waals surface area contributed by atoms with Gasteiger partial charge in [-0.3, -0.25) is 0 Å². The first-order valence-corrected chi connectivity index (χ1v) is 7.16. The molecule has 2 amide bonds. The van der Waals surface area contributed by atoms with Crippen LogP contribution >= 0.6 is 0 Å². The Hall–Kier alpha value is -2.50. The Bertz CT molecular complexity index is 610. The molecule has 0 bridgehead atoms. The summed E-state index contributed by atoms with van der Waals surface area (Å²) in [5, 5.41) is 5.37. The number of carbonyl (C=O) groups is 2. The third-order valence-corrected chi connectivity index (χ3v) is 3.38. The predicted octanol–water partition coefficient (Wildman–Crippen LogP) is 2.28. The number of benzene rings is 1. The Balaban J connectivity index is 2.43.